The number of nitrogens with one attached hydrogen (secondary N) is 1. The summed E-state index contributed by atoms with van der Waals surface area (Å²) in [5, 5.41) is 32.8. The lowest BCUT2D eigenvalue weighted by Crippen LogP contribution is -2.33. The molecule has 1 aliphatic rings. The molecule has 106 valence electrons. The summed E-state index contributed by atoms with van der Waals surface area (Å²) in [6, 6.07) is 2.92. The zero-order valence-electron chi connectivity index (χ0n) is 11.0. The van der Waals surface area contributed by atoms with E-state index in [0.717, 1.165) is 31.9 Å². The highest BCUT2D eigenvalue weighted by Crippen LogP contribution is 2.24. The van der Waals surface area contributed by atoms with E-state index in [9.17, 15) is 15.2 Å². The van der Waals surface area contributed by atoms with Crippen molar-refractivity contribution in [3.63, 3.8) is 0 Å². The second-order valence-electron chi connectivity index (χ2n) is 4.91. The minimum atomic E-state index is -0.585. The van der Waals surface area contributed by atoms with Crippen LogP contribution < -0.4 is 5.32 Å². The van der Waals surface area contributed by atoms with Gasteiger partial charge < -0.3 is 10.4 Å². The monoisotopic (exact) mass is 276 g/mol. The lowest BCUT2D eigenvalue weighted by Gasteiger charge is -2.22. The van der Waals surface area contributed by atoms with Crippen LogP contribution in [0.3, 0.4) is 0 Å². The van der Waals surface area contributed by atoms with Crippen molar-refractivity contribution in [1.82, 2.24) is 4.98 Å². The van der Waals surface area contributed by atoms with Crippen LogP contribution in [0.15, 0.2) is 12.3 Å². The molecule has 1 aromatic rings. The van der Waals surface area contributed by atoms with Gasteiger partial charge in [0.05, 0.1) is 17.1 Å². The predicted octanol–water partition coefficient (Wildman–Crippen LogP) is 1.97. The van der Waals surface area contributed by atoms with Crippen LogP contribution in [0.1, 0.15) is 37.7 Å². The molecule has 0 spiro atoms. The van der Waals surface area contributed by atoms with Crippen molar-refractivity contribution < 1.29 is 10.0 Å². The Labute approximate surface area is 116 Å². The number of hydrogen-bond acceptors (Lipinski definition) is 6. The van der Waals surface area contributed by atoms with E-state index in [-0.39, 0.29) is 17.3 Å². The number of hydrogen-bond donors (Lipinski definition) is 2. The fraction of sp³-hybridized carbons (Fsp3) is 0.538. The number of anilines is 1. The van der Waals surface area contributed by atoms with Gasteiger partial charge in [-0.05, 0) is 12.8 Å². The SMILES string of the molecule is N#Cc1cc([N+](=O)[O-])cnc1NC1CCCCCC1O. The molecule has 20 heavy (non-hydrogen) atoms. The highest BCUT2D eigenvalue weighted by molar-refractivity contribution is 5.56. The summed E-state index contributed by atoms with van der Waals surface area (Å²) in [5.74, 6) is 0.295. The minimum Gasteiger partial charge on any atom is -0.391 e. The number of aliphatic hydroxyl groups is 1. The number of nitro groups is 1. The van der Waals surface area contributed by atoms with Gasteiger partial charge in [0.25, 0.3) is 5.69 Å². The summed E-state index contributed by atoms with van der Waals surface area (Å²) in [7, 11) is 0. The molecule has 0 radical (unpaired) electrons. The molecule has 2 rings (SSSR count). The molecule has 2 N–H and O–H groups in total. The van der Waals surface area contributed by atoms with E-state index < -0.39 is 11.0 Å². The van der Waals surface area contributed by atoms with Crippen LogP contribution in [-0.4, -0.2) is 27.2 Å². The Morgan fingerprint density at radius 2 is 2.20 bits per heavy atom. The van der Waals surface area contributed by atoms with E-state index in [1.807, 2.05) is 6.07 Å². The molecule has 0 bridgehead atoms. The molecule has 1 aliphatic carbocycles. The van der Waals surface area contributed by atoms with Crippen LogP contribution >= 0.6 is 0 Å². The summed E-state index contributed by atoms with van der Waals surface area (Å²) in [6.07, 6.45) is 5.21. The van der Waals surface area contributed by atoms with E-state index in [2.05, 4.69) is 10.3 Å². The molecule has 1 aromatic heterocycles. The molecular formula is C13H16N4O3. The van der Waals surface area contributed by atoms with Crippen LogP contribution in [0.25, 0.3) is 0 Å². The summed E-state index contributed by atoms with van der Waals surface area (Å²) >= 11 is 0. The highest BCUT2D eigenvalue weighted by Gasteiger charge is 2.23. The van der Waals surface area contributed by atoms with Gasteiger partial charge in [0, 0.05) is 6.07 Å². The second-order valence-corrected chi connectivity index (χ2v) is 4.91. The smallest absolute Gasteiger partial charge is 0.289 e. The predicted molar refractivity (Wildman–Crippen MR) is 72.1 cm³/mol. The van der Waals surface area contributed by atoms with E-state index in [4.69, 9.17) is 5.26 Å². The lowest BCUT2D eigenvalue weighted by molar-refractivity contribution is -0.385. The average Bonchev–Trinajstić information content (AvgIpc) is 2.64. The van der Waals surface area contributed by atoms with Crippen molar-refractivity contribution in [1.29, 1.82) is 5.26 Å². The van der Waals surface area contributed by atoms with E-state index in [1.54, 1.807) is 0 Å². The average molecular weight is 276 g/mol. The van der Waals surface area contributed by atoms with E-state index in [1.165, 1.54) is 6.07 Å². The fourth-order valence-corrected chi connectivity index (χ4v) is 2.39. The number of pyridine rings is 1. The molecule has 0 aliphatic heterocycles. The third kappa shape index (κ3) is 3.22. The van der Waals surface area contributed by atoms with Gasteiger partial charge in [-0.15, -0.1) is 0 Å². The molecule has 1 saturated carbocycles. The second kappa shape index (κ2) is 6.30. The number of aromatic nitrogens is 1. The quantitative estimate of drug-likeness (QED) is 0.496. The summed E-state index contributed by atoms with van der Waals surface area (Å²) < 4.78 is 0. The molecule has 7 nitrogen and oxygen atoms in total. The van der Waals surface area contributed by atoms with Gasteiger partial charge in [-0.1, -0.05) is 19.3 Å². The van der Waals surface area contributed by atoms with Crippen molar-refractivity contribution in [2.24, 2.45) is 0 Å². The fourth-order valence-electron chi connectivity index (χ4n) is 2.39. The van der Waals surface area contributed by atoms with Gasteiger partial charge in [-0.25, -0.2) is 4.98 Å². The number of aliphatic hydroxyl groups excluding tert-OH is 1. The molecule has 0 amide bonds. The molecule has 2 unspecified atom stereocenters. The Morgan fingerprint density at radius 3 is 2.90 bits per heavy atom. The maximum absolute atomic E-state index is 10.7. The van der Waals surface area contributed by atoms with Crippen LogP contribution in [0, 0.1) is 21.4 Å². The zero-order chi connectivity index (χ0) is 14.5. The number of nitrogens with zero attached hydrogens (tertiary/aromatic N) is 3. The van der Waals surface area contributed by atoms with Crippen molar-refractivity contribution in [2.75, 3.05) is 5.32 Å². The van der Waals surface area contributed by atoms with Crippen molar-refractivity contribution in [3.05, 3.63) is 27.9 Å². The summed E-state index contributed by atoms with van der Waals surface area (Å²) in [5.41, 5.74) is -0.0934. The first kappa shape index (κ1) is 14.2. The van der Waals surface area contributed by atoms with Gasteiger partial charge in [0.1, 0.15) is 23.6 Å². The Balaban J connectivity index is 2.20. The molecule has 0 aromatic carbocycles. The molecule has 1 heterocycles. The topological polar surface area (TPSA) is 112 Å². The Bertz CT molecular complexity index is 541. The Hall–Kier alpha value is -2.20. The largest absolute Gasteiger partial charge is 0.391 e. The molecule has 2 atom stereocenters. The van der Waals surface area contributed by atoms with Crippen molar-refractivity contribution in [3.8, 4) is 6.07 Å². The first-order chi connectivity index (χ1) is 9.61. The minimum absolute atomic E-state index is 0.121. The van der Waals surface area contributed by atoms with Crippen LogP contribution in [0.4, 0.5) is 11.5 Å². The summed E-state index contributed by atoms with van der Waals surface area (Å²) in [6.45, 7) is 0. The van der Waals surface area contributed by atoms with Crippen LogP contribution in [0.5, 0.6) is 0 Å². The Kier molecular flexibility index (Phi) is 4.48. The molecular weight excluding hydrogens is 260 g/mol. The maximum Gasteiger partial charge on any atom is 0.289 e. The third-order valence-electron chi connectivity index (χ3n) is 3.51. The lowest BCUT2D eigenvalue weighted by atomic mass is 10.1. The molecule has 1 fully saturated rings. The Morgan fingerprint density at radius 1 is 1.45 bits per heavy atom. The number of rotatable bonds is 3. The van der Waals surface area contributed by atoms with Crippen molar-refractivity contribution in [2.45, 2.75) is 44.2 Å². The van der Waals surface area contributed by atoms with E-state index in [0.29, 0.717) is 12.2 Å². The van der Waals surface area contributed by atoms with Crippen LogP contribution in [0.2, 0.25) is 0 Å². The van der Waals surface area contributed by atoms with Gasteiger partial charge >= 0.3 is 0 Å². The first-order valence-corrected chi connectivity index (χ1v) is 6.61. The zero-order valence-corrected chi connectivity index (χ0v) is 11.0. The van der Waals surface area contributed by atoms with Gasteiger partial charge in [-0.2, -0.15) is 5.26 Å². The van der Waals surface area contributed by atoms with Gasteiger partial charge in [-0.3, -0.25) is 10.1 Å². The number of nitriles is 1. The van der Waals surface area contributed by atoms with E-state index >= 15 is 0 Å². The summed E-state index contributed by atoms with van der Waals surface area (Å²) in [4.78, 5) is 14.0. The van der Waals surface area contributed by atoms with Gasteiger partial charge in [0.2, 0.25) is 0 Å². The maximum atomic E-state index is 10.7. The highest BCUT2D eigenvalue weighted by atomic mass is 16.6. The standard InChI is InChI=1S/C13H16N4O3/c14-7-9-6-10(17(19)20)8-15-13(9)16-11-4-2-1-3-5-12(11)18/h6,8,11-12,18H,1-5H2,(H,15,16). The van der Waals surface area contributed by atoms with Gasteiger partial charge in [0.15, 0.2) is 0 Å². The molecule has 0 saturated heterocycles. The first-order valence-electron chi connectivity index (χ1n) is 6.61. The van der Waals surface area contributed by atoms with Crippen molar-refractivity contribution >= 4 is 11.5 Å². The molecule has 7 heteroatoms. The normalized spacial score (nSPS) is 22.6. The third-order valence-corrected chi connectivity index (χ3v) is 3.51. The van der Waals surface area contributed by atoms with Crippen LogP contribution in [-0.2, 0) is 0 Å².